The maximum Gasteiger partial charge on any atom is 0.217 e. The predicted octanol–water partition coefficient (Wildman–Crippen LogP) is 2.67. The van der Waals surface area contributed by atoms with Gasteiger partial charge in [0.15, 0.2) is 0 Å². The summed E-state index contributed by atoms with van der Waals surface area (Å²) in [7, 11) is 0. The second-order valence-corrected chi connectivity index (χ2v) is 3.69. The fraction of sp³-hybridized carbons (Fsp3) is 0.818. The fourth-order valence-electron chi connectivity index (χ4n) is 1.29. The summed E-state index contributed by atoms with van der Waals surface area (Å²) in [5, 5.41) is 0. The Kier molecular flexibility index (Phi) is 7.76. The highest BCUT2D eigenvalue weighted by molar-refractivity contribution is 5.73. The third kappa shape index (κ3) is 9.38. The van der Waals surface area contributed by atoms with Crippen molar-refractivity contribution in [2.75, 3.05) is 0 Å². The third-order valence-electron chi connectivity index (χ3n) is 2.36. The standard InChI is InChI=1S/C11H22NO/c1-3-10(2)8-6-4-5-7-9-11(12)13/h10H,2-9H2,1H3,(H2,12,13). The summed E-state index contributed by atoms with van der Waals surface area (Å²) in [6, 6.07) is 0. The van der Waals surface area contributed by atoms with Crippen molar-refractivity contribution in [3.8, 4) is 0 Å². The number of amides is 1. The van der Waals surface area contributed by atoms with E-state index < -0.39 is 0 Å². The minimum absolute atomic E-state index is 0.177. The van der Waals surface area contributed by atoms with E-state index in [0.29, 0.717) is 12.3 Å². The molecule has 0 saturated heterocycles. The van der Waals surface area contributed by atoms with E-state index in [1.54, 1.807) is 0 Å². The van der Waals surface area contributed by atoms with E-state index in [2.05, 4.69) is 13.8 Å². The minimum Gasteiger partial charge on any atom is -0.370 e. The summed E-state index contributed by atoms with van der Waals surface area (Å²) in [6.45, 7) is 6.20. The zero-order valence-corrected chi connectivity index (χ0v) is 8.72. The molecular weight excluding hydrogens is 162 g/mol. The van der Waals surface area contributed by atoms with Gasteiger partial charge in [-0.05, 0) is 12.3 Å². The second kappa shape index (κ2) is 8.09. The molecule has 1 atom stereocenters. The lowest BCUT2D eigenvalue weighted by atomic mass is 10.00. The predicted molar refractivity (Wildman–Crippen MR) is 56.0 cm³/mol. The van der Waals surface area contributed by atoms with E-state index in [-0.39, 0.29) is 5.91 Å². The fourth-order valence-corrected chi connectivity index (χ4v) is 1.29. The SMILES string of the molecule is [CH2]C(CC)CCCCCCC(N)=O. The van der Waals surface area contributed by atoms with Gasteiger partial charge in [0.1, 0.15) is 0 Å². The molecule has 2 N–H and O–H groups in total. The van der Waals surface area contributed by atoms with Crippen LogP contribution >= 0.6 is 0 Å². The van der Waals surface area contributed by atoms with Crippen LogP contribution in [0.3, 0.4) is 0 Å². The molecule has 1 unspecified atom stereocenters. The molecule has 0 rings (SSSR count). The summed E-state index contributed by atoms with van der Waals surface area (Å²) in [4.78, 5) is 10.4. The Morgan fingerprint density at radius 3 is 2.46 bits per heavy atom. The van der Waals surface area contributed by atoms with E-state index in [0.717, 1.165) is 12.8 Å². The summed E-state index contributed by atoms with van der Waals surface area (Å²) < 4.78 is 0. The van der Waals surface area contributed by atoms with Crippen LogP contribution in [-0.4, -0.2) is 5.91 Å². The number of primary amides is 1. The lowest BCUT2D eigenvalue weighted by molar-refractivity contribution is -0.118. The lowest BCUT2D eigenvalue weighted by Crippen LogP contribution is -2.09. The van der Waals surface area contributed by atoms with E-state index >= 15 is 0 Å². The molecule has 0 spiro atoms. The highest BCUT2D eigenvalue weighted by Crippen LogP contribution is 2.12. The smallest absolute Gasteiger partial charge is 0.217 e. The third-order valence-corrected chi connectivity index (χ3v) is 2.36. The van der Waals surface area contributed by atoms with Crippen LogP contribution in [-0.2, 0) is 4.79 Å². The molecule has 0 aromatic rings. The number of hydrogen-bond acceptors (Lipinski definition) is 1. The Labute approximate surface area is 81.9 Å². The van der Waals surface area contributed by atoms with Crippen molar-refractivity contribution in [3.63, 3.8) is 0 Å². The van der Waals surface area contributed by atoms with Crippen LogP contribution in [0.15, 0.2) is 0 Å². The molecule has 2 heteroatoms. The molecule has 77 valence electrons. The van der Waals surface area contributed by atoms with Crippen LogP contribution in [0.2, 0.25) is 0 Å². The Morgan fingerprint density at radius 1 is 1.31 bits per heavy atom. The van der Waals surface area contributed by atoms with Crippen LogP contribution in [0.4, 0.5) is 0 Å². The first-order valence-electron chi connectivity index (χ1n) is 5.28. The molecule has 0 fully saturated rings. The van der Waals surface area contributed by atoms with Gasteiger partial charge >= 0.3 is 0 Å². The zero-order valence-electron chi connectivity index (χ0n) is 8.72. The molecule has 0 aromatic carbocycles. The Bertz CT molecular complexity index is 134. The molecule has 2 nitrogen and oxygen atoms in total. The van der Waals surface area contributed by atoms with Gasteiger partial charge in [0.25, 0.3) is 0 Å². The van der Waals surface area contributed by atoms with Gasteiger partial charge in [0.05, 0.1) is 0 Å². The quantitative estimate of drug-likeness (QED) is 0.579. The first-order valence-corrected chi connectivity index (χ1v) is 5.28. The van der Waals surface area contributed by atoms with Crippen molar-refractivity contribution in [3.05, 3.63) is 6.92 Å². The molecule has 0 aromatic heterocycles. The number of carbonyl (C=O) groups excluding carboxylic acids is 1. The molecule has 0 aliphatic carbocycles. The lowest BCUT2D eigenvalue weighted by Gasteiger charge is -2.06. The highest BCUT2D eigenvalue weighted by Gasteiger charge is 1.98. The number of rotatable bonds is 8. The van der Waals surface area contributed by atoms with Crippen molar-refractivity contribution in [2.45, 2.75) is 51.9 Å². The van der Waals surface area contributed by atoms with Crippen molar-refractivity contribution < 1.29 is 4.79 Å². The highest BCUT2D eigenvalue weighted by atomic mass is 16.1. The van der Waals surface area contributed by atoms with Gasteiger partial charge in [0, 0.05) is 6.42 Å². The van der Waals surface area contributed by atoms with E-state index in [1.165, 1.54) is 25.7 Å². The topological polar surface area (TPSA) is 43.1 Å². The van der Waals surface area contributed by atoms with E-state index in [1.807, 2.05) is 0 Å². The van der Waals surface area contributed by atoms with Gasteiger partial charge in [0.2, 0.25) is 5.91 Å². The van der Waals surface area contributed by atoms with E-state index in [4.69, 9.17) is 5.73 Å². The summed E-state index contributed by atoms with van der Waals surface area (Å²) in [5.41, 5.74) is 5.03. The number of unbranched alkanes of at least 4 members (excludes halogenated alkanes) is 3. The largest absolute Gasteiger partial charge is 0.370 e. The molecule has 13 heavy (non-hydrogen) atoms. The van der Waals surface area contributed by atoms with Gasteiger partial charge in [-0.15, -0.1) is 0 Å². The van der Waals surface area contributed by atoms with Gasteiger partial charge in [-0.1, -0.05) is 46.0 Å². The normalized spacial score (nSPS) is 12.8. The number of nitrogens with two attached hydrogens (primary N) is 1. The number of carbonyl (C=O) groups is 1. The molecule has 0 saturated carbocycles. The monoisotopic (exact) mass is 184 g/mol. The molecular formula is C11H22NO. The zero-order chi connectivity index (χ0) is 10.1. The summed E-state index contributed by atoms with van der Waals surface area (Å²) in [5.74, 6) is 0.430. The van der Waals surface area contributed by atoms with Crippen molar-refractivity contribution in [2.24, 2.45) is 11.7 Å². The number of hydrogen-bond donors (Lipinski definition) is 1. The van der Waals surface area contributed by atoms with Gasteiger partial charge in [-0.25, -0.2) is 0 Å². The molecule has 0 aliphatic rings. The first kappa shape index (κ1) is 12.5. The minimum atomic E-state index is -0.177. The second-order valence-electron chi connectivity index (χ2n) is 3.69. The molecule has 1 amide bonds. The molecule has 0 bridgehead atoms. The van der Waals surface area contributed by atoms with Crippen molar-refractivity contribution >= 4 is 5.91 Å². The molecule has 0 aliphatic heterocycles. The Balaban J connectivity index is 3.04. The Morgan fingerprint density at radius 2 is 1.92 bits per heavy atom. The molecule has 0 heterocycles. The average molecular weight is 184 g/mol. The average Bonchev–Trinajstić information content (AvgIpc) is 2.10. The van der Waals surface area contributed by atoms with Crippen LogP contribution in [0, 0.1) is 12.8 Å². The van der Waals surface area contributed by atoms with Gasteiger partial charge in [-0.3, -0.25) is 4.79 Å². The maximum atomic E-state index is 10.4. The van der Waals surface area contributed by atoms with Gasteiger partial charge < -0.3 is 5.73 Å². The van der Waals surface area contributed by atoms with Crippen LogP contribution in [0.5, 0.6) is 0 Å². The summed E-state index contributed by atoms with van der Waals surface area (Å²) >= 11 is 0. The van der Waals surface area contributed by atoms with Crippen molar-refractivity contribution in [1.29, 1.82) is 0 Å². The van der Waals surface area contributed by atoms with Crippen LogP contribution in [0.25, 0.3) is 0 Å². The maximum absolute atomic E-state index is 10.4. The van der Waals surface area contributed by atoms with Crippen molar-refractivity contribution in [1.82, 2.24) is 0 Å². The van der Waals surface area contributed by atoms with Gasteiger partial charge in [-0.2, -0.15) is 0 Å². The van der Waals surface area contributed by atoms with Crippen LogP contribution < -0.4 is 5.73 Å². The van der Waals surface area contributed by atoms with Crippen LogP contribution in [0.1, 0.15) is 51.9 Å². The molecule has 1 radical (unpaired) electrons. The van der Waals surface area contributed by atoms with E-state index in [9.17, 15) is 4.79 Å². The summed E-state index contributed by atoms with van der Waals surface area (Å²) in [6.07, 6.45) is 7.44. The Hall–Kier alpha value is -0.530. The first-order chi connectivity index (χ1) is 6.16.